The maximum atomic E-state index is 13.0. The zero-order valence-electron chi connectivity index (χ0n) is 14.1. The Kier molecular flexibility index (Phi) is 5.48. The van der Waals surface area contributed by atoms with Crippen molar-refractivity contribution in [2.24, 2.45) is 0 Å². The summed E-state index contributed by atoms with van der Waals surface area (Å²) < 4.78 is 0. The predicted octanol–water partition coefficient (Wildman–Crippen LogP) is 4.13. The highest BCUT2D eigenvalue weighted by molar-refractivity contribution is 7.09. The van der Waals surface area contributed by atoms with E-state index in [2.05, 4.69) is 11.4 Å². The number of thiophene rings is 1. The summed E-state index contributed by atoms with van der Waals surface area (Å²) in [7, 11) is 1.96. The Hall–Kier alpha value is -2.63. The van der Waals surface area contributed by atoms with Gasteiger partial charge in [0.2, 0.25) is 5.91 Å². The Morgan fingerprint density at radius 1 is 0.960 bits per heavy atom. The van der Waals surface area contributed by atoms with Crippen molar-refractivity contribution >= 4 is 34.3 Å². The Morgan fingerprint density at radius 2 is 1.64 bits per heavy atom. The van der Waals surface area contributed by atoms with Crippen LogP contribution in [-0.2, 0) is 11.3 Å². The molecule has 0 saturated heterocycles. The normalized spacial score (nSPS) is 10.8. The SMILES string of the molecule is CN(CC(=O)N(c1ccccc1)c1ccc(N)cc1)Cc1cccs1. The largest absolute Gasteiger partial charge is 0.399 e. The molecule has 0 bridgehead atoms. The third kappa shape index (κ3) is 4.47. The van der Waals surface area contributed by atoms with Crippen LogP contribution in [0.15, 0.2) is 72.1 Å². The van der Waals surface area contributed by atoms with Crippen LogP contribution in [0.2, 0.25) is 0 Å². The first-order valence-electron chi connectivity index (χ1n) is 8.08. The van der Waals surface area contributed by atoms with E-state index in [-0.39, 0.29) is 5.91 Å². The van der Waals surface area contributed by atoms with Gasteiger partial charge in [0.1, 0.15) is 0 Å². The van der Waals surface area contributed by atoms with Gasteiger partial charge < -0.3 is 5.73 Å². The molecule has 0 spiro atoms. The standard InChI is InChI=1S/C20H21N3OS/c1-22(14-19-8-5-13-25-19)15-20(24)23(17-6-3-2-4-7-17)18-11-9-16(21)10-12-18/h2-13H,14-15,21H2,1H3. The van der Waals surface area contributed by atoms with E-state index >= 15 is 0 Å². The molecule has 0 saturated carbocycles. The topological polar surface area (TPSA) is 49.6 Å². The predicted molar refractivity (Wildman–Crippen MR) is 105 cm³/mol. The number of carbonyl (C=O) groups is 1. The van der Waals surface area contributed by atoms with Crippen LogP contribution in [0, 0.1) is 0 Å². The lowest BCUT2D eigenvalue weighted by atomic mass is 10.2. The molecule has 3 aromatic rings. The number of nitrogens with two attached hydrogens (primary N) is 1. The van der Waals surface area contributed by atoms with Gasteiger partial charge in [0.15, 0.2) is 0 Å². The molecule has 0 aliphatic heterocycles. The number of anilines is 3. The molecule has 1 amide bonds. The molecule has 128 valence electrons. The lowest BCUT2D eigenvalue weighted by molar-refractivity contribution is -0.118. The fourth-order valence-corrected chi connectivity index (χ4v) is 3.45. The third-order valence-corrected chi connectivity index (χ3v) is 4.69. The van der Waals surface area contributed by atoms with Gasteiger partial charge in [-0.3, -0.25) is 14.6 Å². The van der Waals surface area contributed by atoms with Crippen LogP contribution in [0.5, 0.6) is 0 Å². The highest BCUT2D eigenvalue weighted by atomic mass is 32.1. The Bertz CT molecular complexity index is 801. The number of para-hydroxylation sites is 1. The van der Waals surface area contributed by atoms with Gasteiger partial charge in [-0.25, -0.2) is 0 Å². The number of amides is 1. The molecule has 2 N–H and O–H groups in total. The van der Waals surface area contributed by atoms with Crippen LogP contribution < -0.4 is 10.6 Å². The maximum absolute atomic E-state index is 13.0. The van der Waals surface area contributed by atoms with Crippen molar-refractivity contribution < 1.29 is 4.79 Å². The van der Waals surface area contributed by atoms with Gasteiger partial charge in [-0.15, -0.1) is 11.3 Å². The quantitative estimate of drug-likeness (QED) is 0.680. The summed E-state index contributed by atoms with van der Waals surface area (Å²) in [6.07, 6.45) is 0. The number of benzene rings is 2. The third-order valence-electron chi connectivity index (χ3n) is 3.83. The van der Waals surface area contributed by atoms with Crippen LogP contribution in [-0.4, -0.2) is 24.4 Å². The van der Waals surface area contributed by atoms with E-state index < -0.39 is 0 Å². The van der Waals surface area contributed by atoms with Gasteiger partial charge >= 0.3 is 0 Å². The highest BCUT2D eigenvalue weighted by Crippen LogP contribution is 2.26. The molecule has 1 aromatic heterocycles. The lowest BCUT2D eigenvalue weighted by Crippen LogP contribution is -2.36. The Balaban J connectivity index is 1.81. The summed E-state index contributed by atoms with van der Waals surface area (Å²) in [5.74, 6) is 0.0232. The summed E-state index contributed by atoms with van der Waals surface area (Å²) in [6.45, 7) is 1.09. The van der Waals surface area contributed by atoms with Gasteiger partial charge in [-0.1, -0.05) is 24.3 Å². The second-order valence-corrected chi connectivity index (χ2v) is 6.94. The number of nitrogens with zero attached hydrogens (tertiary/aromatic N) is 2. The number of likely N-dealkylation sites (N-methyl/N-ethyl adjacent to an activating group) is 1. The van der Waals surface area contributed by atoms with Crippen LogP contribution in [0.1, 0.15) is 4.88 Å². The van der Waals surface area contributed by atoms with E-state index in [4.69, 9.17) is 5.73 Å². The van der Waals surface area contributed by atoms with E-state index in [0.29, 0.717) is 12.2 Å². The molecule has 5 heteroatoms. The first-order chi connectivity index (χ1) is 12.1. The lowest BCUT2D eigenvalue weighted by Gasteiger charge is -2.26. The minimum atomic E-state index is 0.0232. The molecule has 0 atom stereocenters. The van der Waals surface area contributed by atoms with Gasteiger partial charge in [-0.05, 0) is 54.9 Å². The van der Waals surface area contributed by atoms with Crippen molar-refractivity contribution in [1.29, 1.82) is 0 Å². The Morgan fingerprint density at radius 3 is 2.28 bits per heavy atom. The summed E-state index contributed by atoms with van der Waals surface area (Å²) in [4.78, 5) is 18.0. The zero-order chi connectivity index (χ0) is 17.6. The maximum Gasteiger partial charge on any atom is 0.245 e. The summed E-state index contributed by atoms with van der Waals surface area (Å²) in [5, 5.41) is 2.05. The highest BCUT2D eigenvalue weighted by Gasteiger charge is 2.19. The summed E-state index contributed by atoms with van der Waals surface area (Å²) in [5.41, 5.74) is 8.13. The fourth-order valence-electron chi connectivity index (χ4n) is 2.66. The van der Waals surface area contributed by atoms with Crippen molar-refractivity contribution in [3.63, 3.8) is 0 Å². The molecular formula is C20H21N3OS. The number of nitrogen functional groups attached to an aromatic ring is 1. The van der Waals surface area contributed by atoms with Gasteiger partial charge in [0.05, 0.1) is 6.54 Å². The minimum Gasteiger partial charge on any atom is -0.399 e. The van der Waals surface area contributed by atoms with Gasteiger partial charge in [0, 0.05) is 28.5 Å². The van der Waals surface area contributed by atoms with Crippen molar-refractivity contribution in [2.45, 2.75) is 6.54 Å². The summed E-state index contributed by atoms with van der Waals surface area (Å²) >= 11 is 1.70. The first-order valence-corrected chi connectivity index (χ1v) is 8.96. The second kappa shape index (κ2) is 7.96. The summed E-state index contributed by atoms with van der Waals surface area (Å²) in [6, 6.07) is 21.2. The number of carbonyl (C=O) groups excluding carboxylic acids is 1. The average molecular weight is 351 g/mol. The molecule has 2 aromatic carbocycles. The Labute approximate surface area is 152 Å². The monoisotopic (exact) mass is 351 g/mol. The van der Waals surface area contributed by atoms with Crippen LogP contribution in [0.25, 0.3) is 0 Å². The zero-order valence-corrected chi connectivity index (χ0v) is 14.9. The van der Waals surface area contributed by atoms with Crippen LogP contribution in [0.3, 0.4) is 0 Å². The molecule has 1 heterocycles. The second-order valence-electron chi connectivity index (χ2n) is 5.91. The molecule has 0 aliphatic rings. The van der Waals surface area contributed by atoms with Crippen LogP contribution >= 0.6 is 11.3 Å². The molecule has 0 fully saturated rings. The smallest absolute Gasteiger partial charge is 0.245 e. The minimum absolute atomic E-state index is 0.0232. The number of rotatable bonds is 6. The van der Waals surface area contributed by atoms with Crippen molar-refractivity contribution in [3.05, 3.63) is 77.0 Å². The molecule has 25 heavy (non-hydrogen) atoms. The van der Waals surface area contributed by atoms with E-state index in [1.165, 1.54) is 4.88 Å². The van der Waals surface area contributed by atoms with E-state index in [1.807, 2.05) is 72.6 Å². The average Bonchev–Trinajstić information content (AvgIpc) is 3.10. The van der Waals surface area contributed by atoms with Gasteiger partial charge in [0.25, 0.3) is 0 Å². The van der Waals surface area contributed by atoms with Crippen LogP contribution in [0.4, 0.5) is 17.1 Å². The molecule has 4 nitrogen and oxygen atoms in total. The molecule has 0 aliphatic carbocycles. The number of hydrogen-bond acceptors (Lipinski definition) is 4. The van der Waals surface area contributed by atoms with E-state index in [0.717, 1.165) is 17.9 Å². The van der Waals surface area contributed by atoms with Gasteiger partial charge in [-0.2, -0.15) is 0 Å². The van der Waals surface area contributed by atoms with Crippen molar-refractivity contribution in [2.75, 3.05) is 24.2 Å². The molecule has 3 rings (SSSR count). The first kappa shape index (κ1) is 17.2. The molecule has 0 unspecified atom stereocenters. The van der Waals surface area contributed by atoms with E-state index in [9.17, 15) is 4.79 Å². The fraction of sp³-hybridized carbons (Fsp3) is 0.150. The van der Waals surface area contributed by atoms with Crippen molar-refractivity contribution in [1.82, 2.24) is 4.90 Å². The number of hydrogen-bond donors (Lipinski definition) is 1. The molecule has 0 radical (unpaired) electrons. The van der Waals surface area contributed by atoms with E-state index in [1.54, 1.807) is 16.2 Å². The van der Waals surface area contributed by atoms with Crippen molar-refractivity contribution in [3.8, 4) is 0 Å². The molecular weight excluding hydrogens is 330 g/mol.